The molecule has 0 saturated heterocycles. The number of hydrogen-bond acceptors (Lipinski definition) is 3. The molecule has 5 nitrogen and oxygen atoms in total. The number of benzene rings is 2. The number of urea groups is 1. The first-order valence-corrected chi connectivity index (χ1v) is 10.0. The van der Waals surface area contributed by atoms with Crippen molar-refractivity contribution in [2.45, 2.75) is 12.7 Å². The molecule has 30 heavy (non-hydrogen) atoms. The van der Waals surface area contributed by atoms with Crippen molar-refractivity contribution in [3.8, 4) is 11.1 Å². The lowest BCUT2D eigenvalue weighted by molar-refractivity contribution is -0.137. The van der Waals surface area contributed by atoms with Gasteiger partial charge < -0.3 is 16.4 Å². The highest BCUT2D eigenvalue weighted by Gasteiger charge is 2.33. The molecule has 0 unspecified atom stereocenters. The number of aromatic nitrogens is 1. The molecule has 0 radical (unpaired) electrons. The highest BCUT2D eigenvalue weighted by Crippen LogP contribution is 2.36. The van der Waals surface area contributed by atoms with E-state index < -0.39 is 22.8 Å². The molecule has 0 bridgehead atoms. The van der Waals surface area contributed by atoms with Crippen LogP contribution >= 0.6 is 34.2 Å². The number of nitrogen functional groups attached to an aromatic ring is 1. The van der Waals surface area contributed by atoms with E-state index >= 15 is 0 Å². The zero-order valence-electron chi connectivity index (χ0n) is 15.2. The third-order valence-electron chi connectivity index (χ3n) is 4.13. The molecule has 1 aromatic heterocycles. The van der Waals surface area contributed by atoms with Gasteiger partial charge in [-0.1, -0.05) is 35.9 Å². The van der Waals surface area contributed by atoms with Crippen LogP contribution in [0.25, 0.3) is 11.1 Å². The van der Waals surface area contributed by atoms with Crippen molar-refractivity contribution in [3.63, 3.8) is 0 Å². The van der Waals surface area contributed by atoms with Crippen LogP contribution in [0.5, 0.6) is 0 Å². The lowest BCUT2D eigenvalue weighted by Crippen LogP contribution is -2.28. The maximum absolute atomic E-state index is 12.9. The molecule has 3 rings (SSSR count). The lowest BCUT2D eigenvalue weighted by atomic mass is 10.0. The van der Waals surface area contributed by atoms with Gasteiger partial charge >= 0.3 is 12.2 Å². The summed E-state index contributed by atoms with van der Waals surface area (Å²) >= 11 is 7.72. The fourth-order valence-electron chi connectivity index (χ4n) is 2.66. The molecule has 0 aliphatic rings. The first kappa shape index (κ1) is 22.2. The van der Waals surface area contributed by atoms with Crippen LogP contribution in [0.3, 0.4) is 0 Å². The standard InChI is InChI=1S/C20H15ClF3IN4O/c21-17-6-5-14(8-16(17)20(22,23)24)29-19(30)28-9-11-1-3-12(4-2-11)15-7-13(25)10-27-18(15)26/h1-8,10H,9H2,(H2,26,27)(H2,28,29,30). The number of amides is 2. The van der Waals surface area contributed by atoms with Crippen molar-refractivity contribution in [3.05, 3.63) is 74.4 Å². The van der Waals surface area contributed by atoms with E-state index in [9.17, 15) is 18.0 Å². The predicted octanol–water partition coefficient (Wildman–Crippen LogP) is 5.93. The molecule has 2 aromatic carbocycles. The van der Waals surface area contributed by atoms with E-state index in [1.54, 1.807) is 6.20 Å². The molecule has 1 heterocycles. The third kappa shape index (κ3) is 5.54. The van der Waals surface area contributed by atoms with Crippen molar-refractivity contribution < 1.29 is 18.0 Å². The molecule has 2 amide bonds. The number of nitrogens with two attached hydrogens (primary N) is 1. The van der Waals surface area contributed by atoms with Gasteiger partial charge in [0.2, 0.25) is 0 Å². The number of pyridine rings is 1. The number of anilines is 2. The molecule has 3 aromatic rings. The summed E-state index contributed by atoms with van der Waals surface area (Å²) in [5.74, 6) is 0.418. The van der Waals surface area contributed by atoms with E-state index in [4.69, 9.17) is 17.3 Å². The Balaban J connectivity index is 1.62. The molecule has 0 spiro atoms. The summed E-state index contributed by atoms with van der Waals surface area (Å²) in [5.41, 5.74) is 7.39. The summed E-state index contributed by atoms with van der Waals surface area (Å²) in [6.45, 7) is 0.186. The molecule has 0 aliphatic heterocycles. The Morgan fingerprint density at radius 3 is 2.50 bits per heavy atom. The van der Waals surface area contributed by atoms with Gasteiger partial charge in [-0.05, 0) is 58.0 Å². The number of carbonyl (C=O) groups excluding carboxylic acids is 1. The minimum absolute atomic E-state index is 0.0128. The van der Waals surface area contributed by atoms with Gasteiger partial charge in [-0.15, -0.1) is 0 Å². The monoisotopic (exact) mass is 546 g/mol. The fourth-order valence-corrected chi connectivity index (χ4v) is 3.34. The molecular formula is C20H15ClF3IN4O. The first-order chi connectivity index (χ1) is 14.1. The molecular weight excluding hydrogens is 532 g/mol. The summed E-state index contributed by atoms with van der Waals surface area (Å²) in [6, 6.07) is 11.8. The van der Waals surface area contributed by atoms with Gasteiger partial charge in [0.1, 0.15) is 5.82 Å². The lowest BCUT2D eigenvalue weighted by Gasteiger charge is -2.12. The highest BCUT2D eigenvalue weighted by atomic mass is 127. The minimum atomic E-state index is -4.61. The number of alkyl halides is 3. The summed E-state index contributed by atoms with van der Waals surface area (Å²) in [4.78, 5) is 16.2. The van der Waals surface area contributed by atoms with Crippen molar-refractivity contribution in [1.29, 1.82) is 0 Å². The molecule has 10 heteroatoms. The van der Waals surface area contributed by atoms with Crippen molar-refractivity contribution in [2.24, 2.45) is 0 Å². The first-order valence-electron chi connectivity index (χ1n) is 8.55. The summed E-state index contributed by atoms with van der Waals surface area (Å²) in [6.07, 6.45) is -2.93. The number of halogens is 5. The average Bonchev–Trinajstić information content (AvgIpc) is 2.69. The van der Waals surface area contributed by atoms with Crippen LogP contribution in [0.4, 0.5) is 29.5 Å². The topological polar surface area (TPSA) is 80.0 Å². The van der Waals surface area contributed by atoms with E-state index in [2.05, 4.69) is 38.2 Å². The van der Waals surface area contributed by atoms with Gasteiger partial charge in [0.25, 0.3) is 0 Å². The Bertz CT molecular complexity index is 1070. The second-order valence-electron chi connectivity index (χ2n) is 6.28. The van der Waals surface area contributed by atoms with E-state index in [1.165, 1.54) is 6.07 Å². The van der Waals surface area contributed by atoms with Crippen LogP contribution in [-0.4, -0.2) is 11.0 Å². The molecule has 156 valence electrons. The van der Waals surface area contributed by atoms with E-state index in [1.807, 2.05) is 30.3 Å². The van der Waals surface area contributed by atoms with E-state index in [-0.39, 0.29) is 12.2 Å². The minimum Gasteiger partial charge on any atom is -0.383 e. The van der Waals surface area contributed by atoms with Gasteiger partial charge in [-0.25, -0.2) is 9.78 Å². The number of rotatable bonds is 4. The zero-order chi connectivity index (χ0) is 21.9. The van der Waals surface area contributed by atoms with Gasteiger partial charge in [-0.3, -0.25) is 0 Å². The largest absolute Gasteiger partial charge is 0.417 e. The average molecular weight is 547 g/mol. The molecule has 0 atom stereocenters. The van der Waals surface area contributed by atoms with Crippen LogP contribution in [0.2, 0.25) is 5.02 Å². The zero-order valence-corrected chi connectivity index (χ0v) is 18.1. The maximum atomic E-state index is 12.9. The molecule has 0 fully saturated rings. The van der Waals surface area contributed by atoms with Crippen LogP contribution < -0.4 is 16.4 Å². The third-order valence-corrected chi connectivity index (χ3v) is 5.05. The van der Waals surface area contributed by atoms with Gasteiger partial charge in [0.05, 0.1) is 10.6 Å². The van der Waals surface area contributed by atoms with Gasteiger partial charge in [0, 0.05) is 27.6 Å². The Kier molecular flexibility index (Phi) is 6.71. The Morgan fingerprint density at radius 1 is 1.13 bits per heavy atom. The Hall–Kier alpha value is -2.53. The van der Waals surface area contributed by atoms with Crippen molar-refractivity contribution in [2.75, 3.05) is 11.1 Å². The Labute approximate surface area is 189 Å². The predicted molar refractivity (Wildman–Crippen MR) is 119 cm³/mol. The van der Waals surface area contributed by atoms with Crippen molar-refractivity contribution >= 4 is 51.7 Å². The van der Waals surface area contributed by atoms with Gasteiger partial charge in [0.15, 0.2) is 0 Å². The second kappa shape index (κ2) is 9.09. The van der Waals surface area contributed by atoms with Crippen molar-refractivity contribution in [1.82, 2.24) is 10.3 Å². The molecule has 0 aliphatic carbocycles. The summed E-state index contributed by atoms with van der Waals surface area (Å²) in [5, 5.41) is 4.53. The molecule has 4 N–H and O–H groups in total. The number of hydrogen-bond donors (Lipinski definition) is 3. The maximum Gasteiger partial charge on any atom is 0.417 e. The SMILES string of the molecule is Nc1ncc(I)cc1-c1ccc(CNC(=O)Nc2ccc(Cl)c(C(F)(F)F)c2)cc1. The number of nitrogens with zero attached hydrogens (tertiary/aromatic N) is 1. The Morgan fingerprint density at radius 2 is 1.83 bits per heavy atom. The van der Waals surface area contributed by atoms with E-state index in [0.717, 1.165) is 32.4 Å². The number of nitrogens with one attached hydrogen (secondary N) is 2. The fraction of sp³-hybridized carbons (Fsp3) is 0.100. The van der Waals surface area contributed by atoms with Crippen LogP contribution in [0.15, 0.2) is 54.7 Å². The van der Waals surface area contributed by atoms with Gasteiger partial charge in [-0.2, -0.15) is 13.2 Å². The van der Waals surface area contributed by atoms with Crippen LogP contribution in [0.1, 0.15) is 11.1 Å². The normalized spacial score (nSPS) is 11.2. The summed E-state index contributed by atoms with van der Waals surface area (Å²) < 4.78 is 39.7. The quantitative estimate of drug-likeness (QED) is 0.355. The highest BCUT2D eigenvalue weighted by molar-refractivity contribution is 14.1. The smallest absolute Gasteiger partial charge is 0.383 e. The van der Waals surface area contributed by atoms with Crippen LogP contribution in [0, 0.1) is 3.57 Å². The summed E-state index contributed by atoms with van der Waals surface area (Å²) in [7, 11) is 0. The van der Waals surface area contributed by atoms with Crippen LogP contribution in [-0.2, 0) is 12.7 Å². The second-order valence-corrected chi connectivity index (χ2v) is 7.94. The molecule has 0 saturated carbocycles. The number of carbonyl (C=O) groups is 1. The van der Waals surface area contributed by atoms with E-state index in [0.29, 0.717) is 5.82 Å².